The second kappa shape index (κ2) is 13.5. The van der Waals surface area contributed by atoms with Crippen molar-refractivity contribution in [2.45, 2.75) is 32.6 Å². The van der Waals surface area contributed by atoms with Gasteiger partial charge in [-0.05, 0) is 38.3 Å². The Kier molecular flexibility index (Phi) is 12.1. The van der Waals surface area contributed by atoms with Gasteiger partial charge in [-0.3, -0.25) is 0 Å². The maximum absolute atomic E-state index is 5.60. The Balaban J connectivity index is 1.77. The van der Waals surface area contributed by atoms with Gasteiger partial charge >= 0.3 is 0 Å². The smallest absolute Gasteiger partial charge is 0.0701 e. The molecule has 0 aromatic rings. The Morgan fingerprint density at radius 1 is 1.00 bits per heavy atom. The van der Waals surface area contributed by atoms with E-state index in [9.17, 15) is 0 Å². The van der Waals surface area contributed by atoms with Crippen LogP contribution >= 0.6 is 0 Å². The molecule has 0 bridgehead atoms. The molecule has 0 radical (unpaired) electrons. The van der Waals surface area contributed by atoms with Crippen molar-refractivity contribution >= 4 is 0 Å². The molecular weight excluding hydrogens is 268 g/mol. The van der Waals surface area contributed by atoms with E-state index in [1.54, 1.807) is 0 Å². The summed E-state index contributed by atoms with van der Waals surface area (Å²) in [6.45, 7) is 10.7. The zero-order valence-corrected chi connectivity index (χ0v) is 13.7. The Morgan fingerprint density at radius 3 is 2.33 bits per heavy atom. The fourth-order valence-corrected chi connectivity index (χ4v) is 2.57. The molecule has 2 N–H and O–H groups in total. The molecule has 5 nitrogen and oxygen atoms in total. The van der Waals surface area contributed by atoms with E-state index in [1.807, 2.05) is 0 Å². The highest BCUT2D eigenvalue weighted by atomic mass is 16.5. The number of nitrogens with two attached hydrogens (primary N) is 1. The van der Waals surface area contributed by atoms with Crippen molar-refractivity contribution in [2.24, 2.45) is 11.7 Å². The van der Waals surface area contributed by atoms with Gasteiger partial charge in [0.15, 0.2) is 0 Å². The molecule has 1 atom stereocenters. The third-order valence-electron chi connectivity index (χ3n) is 3.88. The van der Waals surface area contributed by atoms with Crippen LogP contribution in [0.1, 0.15) is 32.6 Å². The molecule has 0 amide bonds. The normalized spacial score (nSPS) is 19.4. The van der Waals surface area contributed by atoms with Crippen LogP contribution in [0, 0.1) is 5.92 Å². The van der Waals surface area contributed by atoms with Crippen molar-refractivity contribution in [2.75, 3.05) is 65.8 Å². The molecule has 0 aliphatic carbocycles. The minimum Gasteiger partial charge on any atom is -0.379 e. The number of nitrogens with zero attached hydrogens (tertiary/aromatic N) is 1. The zero-order chi connectivity index (χ0) is 15.2. The first kappa shape index (κ1) is 18.8. The molecular formula is C16H34N2O3. The third kappa shape index (κ3) is 10.2. The molecule has 0 aromatic heterocycles. The second-order valence-electron chi connectivity index (χ2n) is 5.72. The van der Waals surface area contributed by atoms with Crippen LogP contribution in [0.4, 0.5) is 0 Å². The molecule has 0 saturated carbocycles. The predicted octanol–water partition coefficient (Wildman–Crippen LogP) is 1.51. The van der Waals surface area contributed by atoms with Crippen molar-refractivity contribution in [3.63, 3.8) is 0 Å². The Morgan fingerprint density at radius 2 is 1.67 bits per heavy atom. The van der Waals surface area contributed by atoms with Gasteiger partial charge in [-0.1, -0.05) is 13.3 Å². The average molecular weight is 302 g/mol. The van der Waals surface area contributed by atoms with Crippen molar-refractivity contribution in [1.82, 2.24) is 4.90 Å². The molecule has 1 unspecified atom stereocenters. The van der Waals surface area contributed by atoms with E-state index in [4.69, 9.17) is 19.9 Å². The minimum atomic E-state index is 0.660. The number of hydrogen-bond donors (Lipinski definition) is 1. The number of unbranched alkanes of at least 4 members (excludes halogenated alkanes) is 1. The fraction of sp³-hybridized carbons (Fsp3) is 1.00. The minimum absolute atomic E-state index is 0.660. The first-order valence-corrected chi connectivity index (χ1v) is 8.52. The van der Waals surface area contributed by atoms with E-state index in [0.717, 1.165) is 45.1 Å². The van der Waals surface area contributed by atoms with E-state index in [0.29, 0.717) is 26.4 Å². The van der Waals surface area contributed by atoms with Crippen LogP contribution in [0.3, 0.4) is 0 Å². The number of ether oxygens (including phenoxy) is 3. The summed E-state index contributed by atoms with van der Waals surface area (Å²) in [6, 6.07) is 0. The highest BCUT2D eigenvalue weighted by Gasteiger charge is 2.20. The predicted molar refractivity (Wildman–Crippen MR) is 85.6 cm³/mol. The quantitative estimate of drug-likeness (QED) is 0.493. The van der Waals surface area contributed by atoms with Crippen molar-refractivity contribution in [3.05, 3.63) is 0 Å². The van der Waals surface area contributed by atoms with Gasteiger partial charge in [0.25, 0.3) is 0 Å². The molecule has 1 aliphatic heterocycles. The van der Waals surface area contributed by atoms with Crippen molar-refractivity contribution in [3.8, 4) is 0 Å². The van der Waals surface area contributed by atoms with Gasteiger partial charge in [0.2, 0.25) is 0 Å². The van der Waals surface area contributed by atoms with E-state index in [-0.39, 0.29) is 0 Å². The SMILES string of the molecule is CCCCOCCOCCOCCN1CCC(CCN)C1. The lowest BCUT2D eigenvalue weighted by Gasteiger charge is -2.15. The summed E-state index contributed by atoms with van der Waals surface area (Å²) in [5.41, 5.74) is 5.60. The average Bonchev–Trinajstić information content (AvgIpc) is 2.93. The first-order chi connectivity index (χ1) is 10.4. The van der Waals surface area contributed by atoms with E-state index < -0.39 is 0 Å². The highest BCUT2D eigenvalue weighted by molar-refractivity contribution is 4.75. The van der Waals surface area contributed by atoms with Crippen LogP contribution in [-0.2, 0) is 14.2 Å². The largest absolute Gasteiger partial charge is 0.379 e. The highest BCUT2D eigenvalue weighted by Crippen LogP contribution is 2.18. The van der Waals surface area contributed by atoms with Gasteiger partial charge in [0.05, 0.1) is 33.0 Å². The number of rotatable bonds is 14. The van der Waals surface area contributed by atoms with E-state index in [1.165, 1.54) is 25.9 Å². The molecule has 5 heteroatoms. The fourth-order valence-electron chi connectivity index (χ4n) is 2.57. The van der Waals surface area contributed by atoms with Gasteiger partial charge in [0.1, 0.15) is 0 Å². The molecule has 1 aliphatic rings. The maximum Gasteiger partial charge on any atom is 0.0701 e. The molecule has 1 saturated heterocycles. The summed E-state index contributed by atoms with van der Waals surface area (Å²) in [5, 5.41) is 0. The lowest BCUT2D eigenvalue weighted by Crippen LogP contribution is -2.26. The molecule has 0 spiro atoms. The van der Waals surface area contributed by atoms with Crippen LogP contribution < -0.4 is 5.73 Å². The Bertz CT molecular complexity index is 230. The molecule has 21 heavy (non-hydrogen) atoms. The second-order valence-corrected chi connectivity index (χ2v) is 5.72. The summed E-state index contributed by atoms with van der Waals surface area (Å²) in [7, 11) is 0. The van der Waals surface area contributed by atoms with E-state index >= 15 is 0 Å². The third-order valence-corrected chi connectivity index (χ3v) is 3.88. The molecule has 1 heterocycles. The van der Waals surface area contributed by atoms with Gasteiger partial charge < -0.3 is 24.8 Å². The van der Waals surface area contributed by atoms with Gasteiger partial charge in [0, 0.05) is 19.7 Å². The van der Waals surface area contributed by atoms with Crippen molar-refractivity contribution in [1.29, 1.82) is 0 Å². The Labute approximate surface area is 130 Å². The topological polar surface area (TPSA) is 57.0 Å². The van der Waals surface area contributed by atoms with Crippen LogP contribution in [-0.4, -0.2) is 70.7 Å². The lowest BCUT2D eigenvalue weighted by molar-refractivity contribution is 0.0109. The lowest BCUT2D eigenvalue weighted by atomic mass is 10.1. The van der Waals surface area contributed by atoms with Gasteiger partial charge in [-0.15, -0.1) is 0 Å². The summed E-state index contributed by atoms with van der Waals surface area (Å²) >= 11 is 0. The van der Waals surface area contributed by atoms with Crippen molar-refractivity contribution < 1.29 is 14.2 Å². The maximum atomic E-state index is 5.60. The summed E-state index contributed by atoms with van der Waals surface area (Å²) in [5.74, 6) is 0.797. The van der Waals surface area contributed by atoms with Crippen LogP contribution in [0.15, 0.2) is 0 Å². The summed E-state index contributed by atoms with van der Waals surface area (Å²) in [4.78, 5) is 2.47. The number of likely N-dealkylation sites (tertiary alicyclic amines) is 1. The van der Waals surface area contributed by atoms with Crippen LogP contribution in [0.5, 0.6) is 0 Å². The van der Waals surface area contributed by atoms with Crippen LogP contribution in [0.2, 0.25) is 0 Å². The van der Waals surface area contributed by atoms with Crippen LogP contribution in [0.25, 0.3) is 0 Å². The standard InChI is InChI=1S/C16H34N2O3/c1-2-3-9-19-11-13-21-14-12-20-10-8-18-7-5-16(15-18)4-6-17/h16H,2-15,17H2,1H3. The zero-order valence-electron chi connectivity index (χ0n) is 13.7. The van der Waals surface area contributed by atoms with E-state index in [2.05, 4.69) is 11.8 Å². The Hall–Kier alpha value is -0.200. The number of hydrogen-bond acceptors (Lipinski definition) is 5. The molecule has 0 aromatic carbocycles. The molecule has 126 valence electrons. The molecule has 1 rings (SSSR count). The summed E-state index contributed by atoms with van der Waals surface area (Å²) in [6.07, 6.45) is 4.76. The van der Waals surface area contributed by atoms with Gasteiger partial charge in [-0.25, -0.2) is 0 Å². The summed E-state index contributed by atoms with van der Waals surface area (Å²) < 4.78 is 16.5. The first-order valence-electron chi connectivity index (χ1n) is 8.52. The monoisotopic (exact) mass is 302 g/mol. The molecule has 1 fully saturated rings. The van der Waals surface area contributed by atoms with Gasteiger partial charge in [-0.2, -0.15) is 0 Å².